The van der Waals surface area contributed by atoms with Crippen molar-refractivity contribution in [1.29, 1.82) is 0 Å². The first-order valence-electron chi connectivity index (χ1n) is 11.4. The van der Waals surface area contributed by atoms with Crippen molar-refractivity contribution in [3.05, 3.63) is 12.2 Å². The fraction of sp³-hybridized carbons (Fsp3) is 0.750. The van der Waals surface area contributed by atoms with Gasteiger partial charge in [-0.05, 0) is 46.0 Å². The summed E-state index contributed by atoms with van der Waals surface area (Å²) in [5, 5.41) is -0.330. The average molecular weight is 440 g/mol. The van der Waals surface area contributed by atoms with Crippen molar-refractivity contribution in [2.24, 2.45) is 5.92 Å². The van der Waals surface area contributed by atoms with Crippen molar-refractivity contribution in [3.8, 4) is 0 Å². The zero-order chi connectivity index (χ0) is 22.9. The maximum atomic E-state index is 12.3. The molecule has 1 atom stereocenters. The molecular weight excluding hydrogens is 398 g/mol. The molecular formula is C24H41NO4S. The molecule has 0 aliphatic carbocycles. The second-order valence-corrected chi connectivity index (χ2v) is 8.98. The molecule has 0 aromatic carbocycles. The highest BCUT2D eigenvalue weighted by atomic mass is 32.2. The Bertz CT molecular complexity index is 570. The molecule has 172 valence electrons. The summed E-state index contributed by atoms with van der Waals surface area (Å²) in [4.78, 5) is 48.6. The van der Waals surface area contributed by atoms with E-state index in [9.17, 15) is 19.2 Å². The number of likely N-dealkylation sites (tertiary alicyclic amines) is 1. The van der Waals surface area contributed by atoms with E-state index in [1.54, 1.807) is 0 Å². The van der Waals surface area contributed by atoms with E-state index in [4.69, 9.17) is 0 Å². The lowest BCUT2D eigenvalue weighted by molar-refractivity contribution is -0.138. The van der Waals surface area contributed by atoms with Crippen LogP contribution in [0, 0.1) is 5.92 Å². The fourth-order valence-corrected chi connectivity index (χ4v) is 4.51. The van der Waals surface area contributed by atoms with Gasteiger partial charge in [-0.1, -0.05) is 39.3 Å². The van der Waals surface area contributed by atoms with Crippen LogP contribution in [-0.2, 0) is 19.2 Å². The first-order valence-corrected chi connectivity index (χ1v) is 12.5. The van der Waals surface area contributed by atoms with Crippen molar-refractivity contribution < 1.29 is 19.2 Å². The molecule has 1 unspecified atom stereocenters. The normalized spacial score (nSPS) is 16.3. The van der Waals surface area contributed by atoms with Crippen molar-refractivity contribution in [3.63, 3.8) is 0 Å². The van der Waals surface area contributed by atoms with E-state index >= 15 is 0 Å². The van der Waals surface area contributed by atoms with Crippen LogP contribution in [0.2, 0.25) is 0 Å². The lowest BCUT2D eigenvalue weighted by Gasteiger charge is -2.15. The lowest BCUT2D eigenvalue weighted by atomic mass is 9.94. The average Bonchev–Trinajstić information content (AvgIpc) is 2.97. The Morgan fingerprint density at radius 1 is 1.10 bits per heavy atom. The molecule has 0 saturated carbocycles. The van der Waals surface area contributed by atoms with Gasteiger partial charge in [-0.25, -0.2) is 0 Å². The van der Waals surface area contributed by atoms with Crippen LogP contribution in [0.25, 0.3) is 0 Å². The Kier molecular flexibility index (Phi) is 16.4. The number of unbranched alkanes of at least 4 members (excludes halogenated alkanes) is 2. The third kappa shape index (κ3) is 11.7. The van der Waals surface area contributed by atoms with Crippen molar-refractivity contribution in [2.45, 2.75) is 97.7 Å². The van der Waals surface area contributed by atoms with Gasteiger partial charge in [-0.15, -0.1) is 11.8 Å². The molecule has 1 saturated heterocycles. The van der Waals surface area contributed by atoms with Gasteiger partial charge in [0, 0.05) is 37.5 Å². The van der Waals surface area contributed by atoms with E-state index < -0.39 is 0 Å². The highest BCUT2D eigenvalue weighted by Gasteiger charge is 2.38. The third-order valence-electron chi connectivity index (χ3n) is 5.19. The number of imide groups is 1. The number of amides is 2. The molecule has 30 heavy (non-hydrogen) atoms. The Morgan fingerprint density at radius 2 is 1.77 bits per heavy atom. The van der Waals surface area contributed by atoms with Crippen molar-refractivity contribution in [2.75, 3.05) is 12.3 Å². The number of thioether (sulfide) groups is 1. The number of ketones is 2. The molecule has 6 heteroatoms. The summed E-state index contributed by atoms with van der Waals surface area (Å²) in [5.41, 5.74) is 0. The molecule has 1 aliphatic heterocycles. The zero-order valence-corrected chi connectivity index (χ0v) is 20.4. The van der Waals surface area contributed by atoms with E-state index in [2.05, 4.69) is 19.1 Å². The fourth-order valence-electron chi connectivity index (χ4n) is 3.29. The number of hydrogen-bond acceptors (Lipinski definition) is 5. The number of Topliss-reactive ketones (excluding diaryl/α,β-unsaturated/α-hetero) is 2. The van der Waals surface area contributed by atoms with Crippen molar-refractivity contribution >= 4 is 35.1 Å². The van der Waals surface area contributed by atoms with Gasteiger partial charge in [0.2, 0.25) is 11.8 Å². The Morgan fingerprint density at radius 3 is 2.27 bits per heavy atom. The molecule has 0 aromatic rings. The lowest BCUT2D eigenvalue weighted by Crippen LogP contribution is -2.32. The van der Waals surface area contributed by atoms with Gasteiger partial charge < -0.3 is 0 Å². The van der Waals surface area contributed by atoms with Gasteiger partial charge >= 0.3 is 0 Å². The monoisotopic (exact) mass is 439 g/mol. The summed E-state index contributed by atoms with van der Waals surface area (Å²) in [5.74, 6) is 0.967. The summed E-state index contributed by atoms with van der Waals surface area (Å²) in [6.07, 6.45) is 10.8. The van der Waals surface area contributed by atoms with Crippen molar-refractivity contribution in [1.82, 2.24) is 4.90 Å². The molecule has 0 aromatic heterocycles. The maximum Gasteiger partial charge on any atom is 0.242 e. The van der Waals surface area contributed by atoms with Gasteiger partial charge in [-0.2, -0.15) is 0 Å². The molecule has 2 amide bonds. The molecule has 1 heterocycles. The predicted octanol–water partition coefficient (Wildman–Crippen LogP) is 5.36. The molecule has 0 bridgehead atoms. The summed E-state index contributed by atoms with van der Waals surface area (Å²) in [7, 11) is 0. The minimum atomic E-state index is -0.330. The smallest absolute Gasteiger partial charge is 0.242 e. The minimum absolute atomic E-state index is 0.101. The standard InChI is InChI=1S/C19H31NO4S.C5H10/c1-4-15(5-2)16(22)9-7-6-8-11-20-18(23)13-17(19(20)24)25-12-10-14(3)21;1-3-5-4-2/h15,17H,4-13H2,1-3H3;3,5H,4H2,1-2H3/b;5-3+. The second kappa shape index (κ2) is 17.3. The second-order valence-electron chi connectivity index (χ2n) is 7.67. The van der Waals surface area contributed by atoms with Crippen LogP contribution >= 0.6 is 11.8 Å². The topological polar surface area (TPSA) is 71.5 Å². The summed E-state index contributed by atoms with van der Waals surface area (Å²) >= 11 is 1.41. The van der Waals surface area contributed by atoms with Crippen LogP contribution in [0.3, 0.4) is 0 Å². The van der Waals surface area contributed by atoms with Gasteiger partial charge in [0.1, 0.15) is 11.6 Å². The number of allylic oxidation sites excluding steroid dienone is 2. The van der Waals surface area contributed by atoms with Crippen LogP contribution in [0.15, 0.2) is 12.2 Å². The van der Waals surface area contributed by atoms with E-state index in [0.29, 0.717) is 30.9 Å². The van der Waals surface area contributed by atoms with Gasteiger partial charge in [0.05, 0.1) is 5.25 Å². The van der Waals surface area contributed by atoms with Crippen LogP contribution in [0.4, 0.5) is 0 Å². The molecule has 1 aliphatic rings. The summed E-state index contributed by atoms with van der Waals surface area (Å²) in [6.45, 7) is 10.2. The highest BCUT2D eigenvalue weighted by Crippen LogP contribution is 2.26. The summed E-state index contributed by atoms with van der Waals surface area (Å²) in [6, 6.07) is 0. The summed E-state index contributed by atoms with van der Waals surface area (Å²) < 4.78 is 0. The molecule has 0 spiro atoms. The Labute approximate surface area is 187 Å². The first-order chi connectivity index (χ1) is 14.3. The van der Waals surface area contributed by atoms with E-state index in [0.717, 1.165) is 38.5 Å². The van der Waals surface area contributed by atoms with Gasteiger partial charge in [0.15, 0.2) is 0 Å². The SMILES string of the molecule is C/C=C/CC.CCC(CC)C(=O)CCCCCN1C(=O)CC(SCCC(C)=O)C1=O. The van der Waals surface area contributed by atoms with E-state index in [-0.39, 0.29) is 35.2 Å². The van der Waals surface area contributed by atoms with Gasteiger partial charge in [0.25, 0.3) is 0 Å². The largest absolute Gasteiger partial charge is 0.300 e. The molecule has 5 nitrogen and oxygen atoms in total. The van der Waals surface area contributed by atoms with Crippen LogP contribution in [-0.4, -0.2) is 45.8 Å². The Hall–Kier alpha value is -1.43. The van der Waals surface area contributed by atoms with Crippen LogP contribution in [0.1, 0.15) is 92.4 Å². The molecule has 1 rings (SSSR count). The van der Waals surface area contributed by atoms with E-state index in [1.165, 1.54) is 23.6 Å². The van der Waals surface area contributed by atoms with Crippen LogP contribution in [0.5, 0.6) is 0 Å². The molecule has 0 radical (unpaired) electrons. The first kappa shape index (κ1) is 28.6. The molecule has 0 N–H and O–H groups in total. The van der Waals surface area contributed by atoms with E-state index in [1.807, 2.05) is 20.8 Å². The number of carbonyl (C=O) groups excluding carboxylic acids is 4. The molecule has 1 fully saturated rings. The highest BCUT2D eigenvalue weighted by molar-refractivity contribution is 8.00. The number of nitrogens with zero attached hydrogens (tertiary/aromatic N) is 1. The Balaban J connectivity index is 0.00000150. The number of rotatable bonds is 14. The maximum absolute atomic E-state index is 12.3. The third-order valence-corrected chi connectivity index (χ3v) is 6.40. The predicted molar refractivity (Wildman–Crippen MR) is 126 cm³/mol. The number of hydrogen-bond donors (Lipinski definition) is 0. The minimum Gasteiger partial charge on any atom is -0.300 e. The number of carbonyl (C=O) groups is 4. The van der Waals surface area contributed by atoms with Crippen LogP contribution < -0.4 is 0 Å². The van der Waals surface area contributed by atoms with Gasteiger partial charge in [-0.3, -0.25) is 24.1 Å². The zero-order valence-electron chi connectivity index (χ0n) is 19.6. The quantitative estimate of drug-likeness (QED) is 0.207.